The molecule has 0 spiro atoms. The quantitative estimate of drug-likeness (QED) is 0.770. The summed E-state index contributed by atoms with van der Waals surface area (Å²) in [6.45, 7) is 2.18. The lowest BCUT2D eigenvalue weighted by Gasteiger charge is -2.57. The smallest absolute Gasteiger partial charge is 0.0406 e. The molecule has 2 N–H and O–H groups in total. The van der Waals surface area contributed by atoms with Crippen molar-refractivity contribution in [2.75, 3.05) is 0 Å². The number of hydrogen-bond donors (Lipinski definition) is 1. The van der Waals surface area contributed by atoms with Gasteiger partial charge < -0.3 is 5.73 Å². The fourth-order valence-corrected chi connectivity index (χ4v) is 7.80. The number of nitrogens with two attached hydrogens (primary N) is 1. The van der Waals surface area contributed by atoms with E-state index >= 15 is 0 Å². The molecule has 4 fully saturated rings. The van der Waals surface area contributed by atoms with E-state index in [0.717, 1.165) is 17.8 Å². The van der Waals surface area contributed by atoms with Gasteiger partial charge in [0.2, 0.25) is 0 Å². The van der Waals surface area contributed by atoms with Crippen LogP contribution in [0.2, 0.25) is 0 Å². The minimum absolute atomic E-state index is 0.235. The summed E-state index contributed by atoms with van der Waals surface area (Å²) < 4.78 is 1.23. The maximum Gasteiger partial charge on any atom is 0.0406 e. The van der Waals surface area contributed by atoms with Crippen molar-refractivity contribution in [1.29, 1.82) is 0 Å². The average molecular weight is 354 g/mol. The van der Waals surface area contributed by atoms with E-state index in [4.69, 9.17) is 5.73 Å². The lowest BCUT2D eigenvalue weighted by atomic mass is 9.48. The molecule has 1 aromatic rings. The SMILES string of the molecule is Cc1cc(Br)c(C(N)CC23CC4CC(CC(C4)C2)C3)s1. The molecule has 1 atom stereocenters. The lowest BCUT2D eigenvalue weighted by molar-refractivity contribution is -0.0604. The van der Waals surface area contributed by atoms with Gasteiger partial charge in [-0.15, -0.1) is 11.3 Å². The highest BCUT2D eigenvalue weighted by atomic mass is 79.9. The largest absolute Gasteiger partial charge is 0.323 e. The summed E-state index contributed by atoms with van der Waals surface area (Å²) in [5, 5.41) is 0. The minimum atomic E-state index is 0.235. The van der Waals surface area contributed by atoms with Crippen molar-refractivity contribution in [3.8, 4) is 0 Å². The van der Waals surface area contributed by atoms with Gasteiger partial charge in [-0.3, -0.25) is 0 Å². The average Bonchev–Trinajstić information content (AvgIpc) is 2.66. The van der Waals surface area contributed by atoms with E-state index in [1.165, 1.54) is 59.2 Å². The van der Waals surface area contributed by atoms with Gasteiger partial charge in [0.25, 0.3) is 0 Å². The van der Waals surface area contributed by atoms with Crippen molar-refractivity contribution in [2.24, 2.45) is 28.9 Å². The zero-order chi connectivity index (χ0) is 13.9. The number of halogens is 1. The lowest BCUT2D eigenvalue weighted by Crippen LogP contribution is -2.47. The first-order valence-electron chi connectivity index (χ1n) is 8.04. The van der Waals surface area contributed by atoms with E-state index in [9.17, 15) is 0 Å². The Labute approximate surface area is 134 Å². The topological polar surface area (TPSA) is 26.0 Å². The Kier molecular flexibility index (Phi) is 3.32. The van der Waals surface area contributed by atoms with E-state index in [1.54, 1.807) is 0 Å². The fourth-order valence-electron chi connectivity index (χ4n) is 5.85. The Morgan fingerprint density at radius 2 is 1.80 bits per heavy atom. The minimum Gasteiger partial charge on any atom is -0.323 e. The van der Waals surface area contributed by atoms with E-state index in [0.29, 0.717) is 5.41 Å². The van der Waals surface area contributed by atoms with E-state index < -0.39 is 0 Å². The third-order valence-electron chi connectivity index (χ3n) is 5.99. The molecular weight excluding hydrogens is 330 g/mol. The second kappa shape index (κ2) is 4.82. The van der Waals surface area contributed by atoms with Crippen molar-refractivity contribution >= 4 is 27.3 Å². The Bertz CT molecular complexity index is 486. The van der Waals surface area contributed by atoms with Crippen LogP contribution in [0.25, 0.3) is 0 Å². The van der Waals surface area contributed by atoms with Crippen molar-refractivity contribution in [3.05, 3.63) is 20.3 Å². The normalized spacial score (nSPS) is 40.2. The summed E-state index contributed by atoms with van der Waals surface area (Å²) in [6.07, 6.45) is 10.2. The fraction of sp³-hybridized carbons (Fsp3) is 0.765. The molecule has 110 valence electrons. The second-order valence-corrected chi connectivity index (χ2v) is 9.94. The number of rotatable bonds is 3. The molecule has 3 heteroatoms. The van der Waals surface area contributed by atoms with Gasteiger partial charge in [0.05, 0.1) is 0 Å². The predicted octanol–water partition coefficient (Wildman–Crippen LogP) is 5.43. The van der Waals surface area contributed by atoms with E-state index in [1.807, 2.05) is 11.3 Å². The van der Waals surface area contributed by atoms with Gasteiger partial charge in [-0.25, -0.2) is 0 Å². The van der Waals surface area contributed by atoms with Gasteiger partial charge >= 0.3 is 0 Å². The van der Waals surface area contributed by atoms with Crippen LogP contribution < -0.4 is 5.73 Å². The summed E-state index contributed by atoms with van der Waals surface area (Å²) in [4.78, 5) is 2.74. The van der Waals surface area contributed by atoms with E-state index in [2.05, 4.69) is 28.9 Å². The molecule has 0 aromatic carbocycles. The molecule has 4 aliphatic carbocycles. The monoisotopic (exact) mass is 353 g/mol. The Morgan fingerprint density at radius 3 is 2.25 bits per heavy atom. The highest BCUT2D eigenvalue weighted by Crippen LogP contribution is 2.62. The van der Waals surface area contributed by atoms with Crippen LogP contribution in [0.1, 0.15) is 60.7 Å². The molecule has 0 radical (unpaired) electrons. The van der Waals surface area contributed by atoms with Crippen molar-refractivity contribution < 1.29 is 0 Å². The Balaban J connectivity index is 1.55. The number of hydrogen-bond acceptors (Lipinski definition) is 2. The molecule has 1 nitrogen and oxygen atoms in total. The summed E-state index contributed by atoms with van der Waals surface area (Å²) in [5.74, 6) is 3.09. The zero-order valence-corrected chi connectivity index (χ0v) is 14.6. The van der Waals surface area contributed by atoms with Crippen LogP contribution in [0.5, 0.6) is 0 Å². The first-order chi connectivity index (χ1) is 9.53. The van der Waals surface area contributed by atoms with Gasteiger partial charge in [-0.2, -0.15) is 0 Å². The van der Waals surface area contributed by atoms with Crippen LogP contribution in [-0.4, -0.2) is 0 Å². The zero-order valence-electron chi connectivity index (χ0n) is 12.2. The van der Waals surface area contributed by atoms with Gasteiger partial charge in [-0.05, 0) is 97.0 Å². The first-order valence-corrected chi connectivity index (χ1v) is 9.65. The summed E-state index contributed by atoms with van der Waals surface area (Å²) in [7, 11) is 0. The van der Waals surface area contributed by atoms with Crippen molar-refractivity contribution in [3.63, 3.8) is 0 Å². The highest BCUT2D eigenvalue weighted by Gasteiger charge is 2.51. The maximum absolute atomic E-state index is 6.61. The molecule has 5 rings (SSSR count). The predicted molar refractivity (Wildman–Crippen MR) is 88.9 cm³/mol. The molecule has 4 saturated carbocycles. The number of thiophene rings is 1. The number of aryl methyl sites for hydroxylation is 1. The van der Waals surface area contributed by atoms with Crippen LogP contribution in [-0.2, 0) is 0 Å². The van der Waals surface area contributed by atoms with Gasteiger partial charge in [0, 0.05) is 20.3 Å². The van der Waals surface area contributed by atoms with Crippen LogP contribution in [0.3, 0.4) is 0 Å². The third kappa shape index (κ3) is 2.30. The van der Waals surface area contributed by atoms with Crippen molar-refractivity contribution in [1.82, 2.24) is 0 Å². The van der Waals surface area contributed by atoms with Crippen LogP contribution >= 0.6 is 27.3 Å². The van der Waals surface area contributed by atoms with Crippen LogP contribution in [0, 0.1) is 30.1 Å². The van der Waals surface area contributed by atoms with Gasteiger partial charge in [-0.1, -0.05) is 0 Å². The molecule has 4 aliphatic rings. The van der Waals surface area contributed by atoms with Crippen LogP contribution in [0.15, 0.2) is 10.5 Å². The molecule has 1 heterocycles. The molecular formula is C17H24BrNS. The highest BCUT2D eigenvalue weighted by molar-refractivity contribution is 9.10. The Morgan fingerprint density at radius 1 is 1.25 bits per heavy atom. The van der Waals surface area contributed by atoms with E-state index in [-0.39, 0.29) is 6.04 Å². The Hall–Kier alpha value is 0.140. The molecule has 0 aliphatic heterocycles. The van der Waals surface area contributed by atoms with Crippen molar-refractivity contribution in [2.45, 2.75) is 57.9 Å². The molecule has 4 bridgehead atoms. The third-order valence-corrected chi connectivity index (χ3v) is 8.09. The first kappa shape index (κ1) is 13.8. The molecule has 0 saturated heterocycles. The molecule has 20 heavy (non-hydrogen) atoms. The van der Waals surface area contributed by atoms with Crippen LogP contribution in [0.4, 0.5) is 0 Å². The summed E-state index contributed by atoms with van der Waals surface area (Å²) in [5.41, 5.74) is 7.20. The second-order valence-electron chi connectivity index (χ2n) is 7.80. The molecule has 1 unspecified atom stereocenters. The molecule has 0 amide bonds. The maximum atomic E-state index is 6.61. The summed E-state index contributed by atoms with van der Waals surface area (Å²) >= 11 is 5.58. The van der Waals surface area contributed by atoms with Gasteiger partial charge in [0.1, 0.15) is 0 Å². The standard InChI is InChI=1S/C17H24BrNS/c1-10-2-14(18)16(20-10)15(19)9-17-6-11-3-12(7-17)5-13(4-11)8-17/h2,11-13,15H,3-9,19H2,1H3. The summed E-state index contributed by atoms with van der Waals surface area (Å²) in [6, 6.07) is 2.46. The molecule has 1 aromatic heterocycles. The van der Waals surface area contributed by atoms with Gasteiger partial charge in [0.15, 0.2) is 0 Å².